The van der Waals surface area contributed by atoms with Gasteiger partial charge in [0.05, 0.1) is 19.2 Å². The van der Waals surface area contributed by atoms with E-state index in [9.17, 15) is 4.79 Å². The molecule has 0 bridgehead atoms. The molecule has 0 saturated carbocycles. The molecule has 0 fully saturated rings. The first-order chi connectivity index (χ1) is 16.9. The number of rotatable bonds is 10. The first-order valence-electron chi connectivity index (χ1n) is 12.0. The summed E-state index contributed by atoms with van der Waals surface area (Å²) in [4.78, 5) is 18.6. The molecule has 2 aromatic heterocycles. The van der Waals surface area contributed by atoms with E-state index in [0.717, 1.165) is 39.0 Å². The number of ether oxygens (including phenoxy) is 1. The summed E-state index contributed by atoms with van der Waals surface area (Å²) in [7, 11) is 1.67. The third kappa shape index (κ3) is 5.66. The number of nitrogens with one attached hydrogen (secondary N) is 1. The van der Waals surface area contributed by atoms with Crippen LogP contribution in [0.3, 0.4) is 0 Å². The molecule has 4 rings (SSSR count). The Balaban J connectivity index is 1.77. The number of benzene rings is 2. The summed E-state index contributed by atoms with van der Waals surface area (Å²) >= 11 is 0. The van der Waals surface area contributed by atoms with Gasteiger partial charge >= 0.3 is 0 Å². The van der Waals surface area contributed by atoms with Gasteiger partial charge < -0.3 is 9.72 Å². The summed E-state index contributed by atoms with van der Waals surface area (Å²) in [6.07, 6.45) is 0. The Kier molecular flexibility index (Phi) is 7.73. The smallest absolute Gasteiger partial charge is 0.252 e. The number of hydrogen-bond acceptors (Lipinski definition) is 6. The highest BCUT2D eigenvalue weighted by Crippen LogP contribution is 2.30. The molecule has 0 amide bonds. The lowest BCUT2D eigenvalue weighted by Gasteiger charge is -2.33. The third-order valence-electron chi connectivity index (χ3n) is 6.35. The van der Waals surface area contributed by atoms with Crippen LogP contribution in [0.15, 0.2) is 53.3 Å². The number of fused-ring (bicyclic) bond motifs is 1. The molecule has 184 valence electrons. The van der Waals surface area contributed by atoms with Crippen molar-refractivity contribution in [3.63, 3.8) is 0 Å². The second kappa shape index (κ2) is 10.9. The number of hydrogen-bond donors (Lipinski definition) is 1. The average Bonchev–Trinajstić information content (AvgIpc) is 3.27. The fourth-order valence-electron chi connectivity index (χ4n) is 4.77. The van der Waals surface area contributed by atoms with E-state index in [-0.39, 0.29) is 17.5 Å². The van der Waals surface area contributed by atoms with Crippen LogP contribution in [0.25, 0.3) is 10.9 Å². The zero-order valence-corrected chi connectivity index (χ0v) is 21.2. The Labute approximate surface area is 205 Å². The van der Waals surface area contributed by atoms with E-state index < -0.39 is 0 Å². The average molecular weight is 475 g/mol. The van der Waals surface area contributed by atoms with E-state index >= 15 is 0 Å². The minimum atomic E-state index is -0.101. The van der Waals surface area contributed by atoms with Gasteiger partial charge in [0, 0.05) is 36.7 Å². The van der Waals surface area contributed by atoms with Crippen LogP contribution in [0.1, 0.15) is 48.0 Å². The van der Waals surface area contributed by atoms with E-state index in [0.29, 0.717) is 26.2 Å². The van der Waals surface area contributed by atoms with Crippen LogP contribution in [0.2, 0.25) is 0 Å². The molecule has 0 aliphatic carbocycles. The number of aromatic amines is 1. The lowest BCUT2D eigenvalue weighted by atomic mass is 9.99. The molecule has 35 heavy (non-hydrogen) atoms. The van der Waals surface area contributed by atoms with E-state index in [2.05, 4.69) is 64.4 Å². The molecular weight excluding hydrogens is 440 g/mol. The lowest BCUT2D eigenvalue weighted by Crippen LogP contribution is -2.35. The molecule has 2 heterocycles. The van der Waals surface area contributed by atoms with Crippen molar-refractivity contribution in [2.45, 2.75) is 53.4 Å². The first-order valence-corrected chi connectivity index (χ1v) is 12.0. The highest BCUT2D eigenvalue weighted by atomic mass is 16.5. The molecule has 8 heteroatoms. The van der Waals surface area contributed by atoms with Crippen molar-refractivity contribution in [1.29, 1.82) is 0 Å². The minimum Gasteiger partial charge on any atom is -0.383 e. The van der Waals surface area contributed by atoms with Crippen molar-refractivity contribution < 1.29 is 4.74 Å². The van der Waals surface area contributed by atoms with Crippen LogP contribution in [0.4, 0.5) is 0 Å². The number of aromatic nitrogens is 5. The Morgan fingerprint density at radius 3 is 2.57 bits per heavy atom. The van der Waals surface area contributed by atoms with Gasteiger partial charge in [-0.05, 0) is 59.0 Å². The Morgan fingerprint density at radius 2 is 1.86 bits per heavy atom. The first kappa shape index (κ1) is 24.8. The van der Waals surface area contributed by atoms with Crippen LogP contribution in [0, 0.1) is 19.8 Å². The van der Waals surface area contributed by atoms with Gasteiger partial charge in [0.2, 0.25) is 0 Å². The molecule has 2 aromatic carbocycles. The highest BCUT2D eigenvalue weighted by Gasteiger charge is 2.30. The zero-order valence-electron chi connectivity index (χ0n) is 21.2. The molecule has 0 aliphatic rings. The van der Waals surface area contributed by atoms with Crippen molar-refractivity contribution in [3.8, 4) is 0 Å². The lowest BCUT2D eigenvalue weighted by molar-refractivity contribution is 0.121. The van der Waals surface area contributed by atoms with E-state index in [1.807, 2.05) is 41.9 Å². The third-order valence-corrected chi connectivity index (χ3v) is 6.35. The zero-order chi connectivity index (χ0) is 24.9. The Morgan fingerprint density at radius 1 is 1.09 bits per heavy atom. The number of methoxy groups -OCH3 is 1. The topological polar surface area (TPSA) is 88.9 Å². The molecule has 0 saturated heterocycles. The second-order valence-corrected chi connectivity index (χ2v) is 9.50. The summed E-state index contributed by atoms with van der Waals surface area (Å²) in [5.74, 6) is 0.979. The van der Waals surface area contributed by atoms with Gasteiger partial charge in [-0.15, -0.1) is 5.10 Å². The Bertz CT molecular complexity index is 1330. The fraction of sp³-hybridized carbons (Fsp3) is 0.407. The largest absolute Gasteiger partial charge is 0.383 e. The predicted octanol–water partition coefficient (Wildman–Crippen LogP) is 4.18. The maximum Gasteiger partial charge on any atom is 0.252 e. The monoisotopic (exact) mass is 474 g/mol. The summed E-state index contributed by atoms with van der Waals surface area (Å²) in [6, 6.07) is 16.4. The number of pyridine rings is 1. The molecule has 4 aromatic rings. The van der Waals surface area contributed by atoms with Crippen molar-refractivity contribution >= 4 is 10.9 Å². The van der Waals surface area contributed by atoms with Gasteiger partial charge in [-0.2, -0.15) is 0 Å². The Hall–Kier alpha value is -3.36. The van der Waals surface area contributed by atoms with E-state index in [4.69, 9.17) is 4.74 Å². The summed E-state index contributed by atoms with van der Waals surface area (Å²) in [5.41, 5.74) is 4.97. The van der Waals surface area contributed by atoms with Crippen molar-refractivity contribution in [2.75, 3.05) is 13.7 Å². The second-order valence-electron chi connectivity index (χ2n) is 9.50. The molecule has 0 aliphatic heterocycles. The van der Waals surface area contributed by atoms with Crippen LogP contribution in [0.5, 0.6) is 0 Å². The normalized spacial score (nSPS) is 12.7. The molecule has 1 N–H and O–H groups in total. The summed E-state index contributed by atoms with van der Waals surface area (Å²) in [6.45, 7) is 10.7. The van der Waals surface area contributed by atoms with E-state index in [1.165, 1.54) is 0 Å². The molecule has 1 atom stereocenters. The molecule has 0 radical (unpaired) electrons. The highest BCUT2D eigenvalue weighted by molar-refractivity contribution is 5.83. The molecular formula is C27H34N6O2. The van der Waals surface area contributed by atoms with E-state index in [1.54, 1.807) is 7.11 Å². The van der Waals surface area contributed by atoms with Crippen LogP contribution >= 0.6 is 0 Å². The molecule has 0 spiro atoms. The predicted molar refractivity (Wildman–Crippen MR) is 137 cm³/mol. The van der Waals surface area contributed by atoms with Gasteiger partial charge in [0.25, 0.3) is 5.56 Å². The standard InChI is InChI=1S/C27H34N6O2/c1-18(2)25(26-29-30-31-33(26)11-12-35-5)32(16-21-9-7-6-8-10-21)17-22-15-23-20(4)13-19(3)14-24(23)28-27(22)34/h6-10,13-15,18,25H,11-12,16-17H2,1-5H3,(H,28,34). The number of tetrazole rings is 1. The summed E-state index contributed by atoms with van der Waals surface area (Å²) in [5, 5.41) is 13.7. The molecule has 8 nitrogen and oxygen atoms in total. The van der Waals surface area contributed by atoms with Gasteiger partial charge in [-0.1, -0.05) is 50.2 Å². The molecule has 1 unspecified atom stereocenters. The van der Waals surface area contributed by atoms with Gasteiger partial charge in [0.1, 0.15) is 0 Å². The van der Waals surface area contributed by atoms with Gasteiger partial charge in [0.15, 0.2) is 5.82 Å². The van der Waals surface area contributed by atoms with Crippen molar-refractivity contribution in [1.82, 2.24) is 30.1 Å². The van der Waals surface area contributed by atoms with Crippen LogP contribution in [-0.4, -0.2) is 43.8 Å². The van der Waals surface area contributed by atoms with Crippen LogP contribution in [-0.2, 0) is 24.4 Å². The van der Waals surface area contributed by atoms with Gasteiger partial charge in [-0.25, -0.2) is 4.68 Å². The van der Waals surface area contributed by atoms with Crippen molar-refractivity contribution in [2.24, 2.45) is 5.92 Å². The quantitative estimate of drug-likeness (QED) is 0.371. The van der Waals surface area contributed by atoms with Crippen LogP contribution < -0.4 is 5.56 Å². The fourth-order valence-corrected chi connectivity index (χ4v) is 4.77. The maximum atomic E-state index is 13.2. The SMILES string of the molecule is COCCn1nnnc1C(C(C)C)N(Cc1ccccc1)Cc1cc2c(C)cc(C)cc2[nH]c1=O. The summed E-state index contributed by atoms with van der Waals surface area (Å²) < 4.78 is 7.07. The minimum absolute atomic E-state index is 0.0676. The number of nitrogens with zero attached hydrogens (tertiary/aromatic N) is 5. The number of aryl methyl sites for hydroxylation is 2. The number of H-pyrrole nitrogens is 1. The van der Waals surface area contributed by atoms with Gasteiger partial charge in [-0.3, -0.25) is 9.69 Å². The maximum absolute atomic E-state index is 13.2. The van der Waals surface area contributed by atoms with Crippen molar-refractivity contribution in [3.05, 3.63) is 87.0 Å².